The molecule has 0 radical (unpaired) electrons. The molecule has 0 spiro atoms. The summed E-state index contributed by atoms with van der Waals surface area (Å²) in [6, 6.07) is 11.5. The van der Waals surface area contributed by atoms with Gasteiger partial charge in [-0.25, -0.2) is 0 Å². The normalized spacial score (nSPS) is 13.9. The van der Waals surface area contributed by atoms with Crippen molar-refractivity contribution in [3.63, 3.8) is 0 Å². The topological polar surface area (TPSA) is 67.9 Å². The zero-order chi connectivity index (χ0) is 19.2. The van der Waals surface area contributed by atoms with Crippen LogP contribution in [0.2, 0.25) is 10.0 Å². The Kier molecular flexibility index (Phi) is 6.55. The SMILES string of the molecule is O=C(COc1ccc(C(=O)N2CCOCC2)cc1)Nc1cc(Cl)cc(Cl)c1. The zero-order valence-corrected chi connectivity index (χ0v) is 15.9. The fourth-order valence-electron chi connectivity index (χ4n) is 2.61. The first-order chi connectivity index (χ1) is 13.0. The number of halogens is 2. The number of carbonyl (C=O) groups excluding carboxylic acids is 2. The van der Waals surface area contributed by atoms with E-state index in [1.54, 1.807) is 47.4 Å². The molecule has 1 heterocycles. The molecule has 6 nitrogen and oxygen atoms in total. The van der Waals surface area contributed by atoms with Crippen molar-refractivity contribution in [2.45, 2.75) is 0 Å². The van der Waals surface area contributed by atoms with Crippen molar-refractivity contribution in [1.82, 2.24) is 4.90 Å². The maximum atomic E-state index is 12.4. The third kappa shape index (κ3) is 5.60. The third-order valence-corrected chi connectivity index (χ3v) is 4.35. The Morgan fingerprint density at radius 3 is 2.30 bits per heavy atom. The predicted molar refractivity (Wildman–Crippen MR) is 104 cm³/mol. The first-order valence-electron chi connectivity index (χ1n) is 8.37. The maximum Gasteiger partial charge on any atom is 0.262 e. The fourth-order valence-corrected chi connectivity index (χ4v) is 3.14. The monoisotopic (exact) mass is 408 g/mol. The number of morpholine rings is 1. The highest BCUT2D eigenvalue weighted by Crippen LogP contribution is 2.22. The molecule has 0 unspecified atom stereocenters. The van der Waals surface area contributed by atoms with E-state index in [4.69, 9.17) is 32.7 Å². The van der Waals surface area contributed by atoms with Crippen molar-refractivity contribution in [2.24, 2.45) is 0 Å². The first kappa shape index (κ1) is 19.5. The number of ether oxygens (including phenoxy) is 2. The summed E-state index contributed by atoms with van der Waals surface area (Å²) in [5.74, 6) is 0.107. The average molecular weight is 409 g/mol. The lowest BCUT2D eigenvalue weighted by Crippen LogP contribution is -2.40. The van der Waals surface area contributed by atoms with Crippen LogP contribution in [-0.2, 0) is 9.53 Å². The minimum Gasteiger partial charge on any atom is -0.484 e. The summed E-state index contributed by atoms with van der Waals surface area (Å²) in [4.78, 5) is 26.1. The summed E-state index contributed by atoms with van der Waals surface area (Å²) in [7, 11) is 0. The van der Waals surface area contributed by atoms with Crippen molar-refractivity contribution in [3.8, 4) is 5.75 Å². The molecule has 1 saturated heterocycles. The number of carbonyl (C=O) groups is 2. The molecule has 1 aliphatic heterocycles. The summed E-state index contributed by atoms with van der Waals surface area (Å²) >= 11 is 11.8. The molecule has 0 aliphatic carbocycles. The van der Waals surface area contributed by atoms with E-state index >= 15 is 0 Å². The predicted octanol–water partition coefficient (Wildman–Crippen LogP) is 3.48. The summed E-state index contributed by atoms with van der Waals surface area (Å²) in [6.07, 6.45) is 0. The van der Waals surface area contributed by atoms with Gasteiger partial charge in [-0.15, -0.1) is 0 Å². The number of nitrogens with zero attached hydrogens (tertiary/aromatic N) is 1. The average Bonchev–Trinajstić information content (AvgIpc) is 2.66. The molecule has 27 heavy (non-hydrogen) atoms. The Hall–Kier alpha value is -2.28. The first-order valence-corrected chi connectivity index (χ1v) is 9.13. The van der Waals surface area contributed by atoms with E-state index in [0.29, 0.717) is 53.3 Å². The lowest BCUT2D eigenvalue weighted by Gasteiger charge is -2.26. The van der Waals surface area contributed by atoms with Gasteiger partial charge in [0.25, 0.3) is 11.8 Å². The van der Waals surface area contributed by atoms with E-state index in [2.05, 4.69) is 5.32 Å². The van der Waals surface area contributed by atoms with Crippen LogP contribution in [0.1, 0.15) is 10.4 Å². The molecular weight excluding hydrogens is 391 g/mol. The van der Waals surface area contributed by atoms with Crippen molar-refractivity contribution in [2.75, 3.05) is 38.2 Å². The minimum atomic E-state index is -0.346. The Morgan fingerprint density at radius 2 is 1.67 bits per heavy atom. The van der Waals surface area contributed by atoms with Crippen LogP contribution in [0.25, 0.3) is 0 Å². The number of benzene rings is 2. The van der Waals surface area contributed by atoms with E-state index < -0.39 is 0 Å². The highest BCUT2D eigenvalue weighted by atomic mass is 35.5. The van der Waals surface area contributed by atoms with Gasteiger partial charge in [-0.3, -0.25) is 9.59 Å². The molecule has 0 atom stereocenters. The second-order valence-corrected chi connectivity index (χ2v) is 6.80. The largest absolute Gasteiger partial charge is 0.484 e. The standard InChI is InChI=1S/C19H18Cl2N2O4/c20-14-9-15(21)11-16(10-14)22-18(24)12-27-17-3-1-13(2-4-17)19(25)23-5-7-26-8-6-23/h1-4,9-11H,5-8,12H2,(H,22,24). The van der Waals surface area contributed by atoms with Crippen molar-refractivity contribution < 1.29 is 19.1 Å². The Morgan fingerprint density at radius 1 is 1.04 bits per heavy atom. The van der Waals surface area contributed by atoms with Crippen LogP contribution in [0.5, 0.6) is 5.75 Å². The highest BCUT2D eigenvalue weighted by Gasteiger charge is 2.18. The third-order valence-electron chi connectivity index (χ3n) is 3.92. The fraction of sp³-hybridized carbons (Fsp3) is 0.263. The van der Waals surface area contributed by atoms with Crippen LogP contribution >= 0.6 is 23.2 Å². The molecule has 8 heteroatoms. The van der Waals surface area contributed by atoms with Crippen LogP contribution in [0.15, 0.2) is 42.5 Å². The van der Waals surface area contributed by atoms with Gasteiger partial charge in [-0.1, -0.05) is 23.2 Å². The molecule has 1 fully saturated rings. The molecule has 2 aromatic carbocycles. The number of hydrogen-bond acceptors (Lipinski definition) is 4. The van der Waals surface area contributed by atoms with Crippen LogP contribution < -0.4 is 10.1 Å². The summed E-state index contributed by atoms with van der Waals surface area (Å²) in [5.41, 5.74) is 1.06. The Bertz CT molecular complexity index is 801. The Labute approximate surface area is 167 Å². The van der Waals surface area contributed by atoms with E-state index in [1.807, 2.05) is 0 Å². The van der Waals surface area contributed by atoms with E-state index in [9.17, 15) is 9.59 Å². The molecule has 0 saturated carbocycles. The van der Waals surface area contributed by atoms with Crippen LogP contribution in [-0.4, -0.2) is 49.6 Å². The molecule has 0 aromatic heterocycles. The maximum absolute atomic E-state index is 12.4. The highest BCUT2D eigenvalue weighted by molar-refractivity contribution is 6.35. The number of rotatable bonds is 5. The van der Waals surface area contributed by atoms with Crippen LogP contribution in [0.3, 0.4) is 0 Å². The Balaban J connectivity index is 1.52. The minimum absolute atomic E-state index is 0.0413. The molecule has 2 amide bonds. The van der Waals surface area contributed by atoms with Gasteiger partial charge in [0.05, 0.1) is 13.2 Å². The van der Waals surface area contributed by atoms with E-state index in [-0.39, 0.29) is 18.4 Å². The lowest BCUT2D eigenvalue weighted by molar-refractivity contribution is -0.118. The van der Waals surface area contributed by atoms with Crippen molar-refractivity contribution >= 4 is 40.7 Å². The summed E-state index contributed by atoms with van der Waals surface area (Å²) < 4.78 is 10.7. The van der Waals surface area contributed by atoms with Gasteiger partial charge in [0, 0.05) is 34.4 Å². The van der Waals surface area contributed by atoms with Crippen molar-refractivity contribution in [1.29, 1.82) is 0 Å². The zero-order valence-electron chi connectivity index (χ0n) is 14.4. The summed E-state index contributed by atoms with van der Waals surface area (Å²) in [5, 5.41) is 3.52. The van der Waals surface area contributed by atoms with Gasteiger partial charge in [0.2, 0.25) is 0 Å². The molecule has 1 N–H and O–H groups in total. The van der Waals surface area contributed by atoms with Crippen LogP contribution in [0, 0.1) is 0 Å². The smallest absolute Gasteiger partial charge is 0.262 e. The second-order valence-electron chi connectivity index (χ2n) is 5.92. The molecule has 2 aromatic rings. The van der Waals surface area contributed by atoms with Gasteiger partial charge in [-0.2, -0.15) is 0 Å². The van der Waals surface area contributed by atoms with Crippen LogP contribution in [0.4, 0.5) is 5.69 Å². The molecule has 142 valence electrons. The number of amides is 2. The van der Waals surface area contributed by atoms with E-state index in [0.717, 1.165) is 0 Å². The second kappa shape index (κ2) is 9.08. The molecule has 1 aliphatic rings. The van der Waals surface area contributed by atoms with Gasteiger partial charge in [0.1, 0.15) is 5.75 Å². The summed E-state index contributed by atoms with van der Waals surface area (Å²) in [6.45, 7) is 2.11. The number of anilines is 1. The molecule has 3 rings (SSSR count). The molecular formula is C19H18Cl2N2O4. The van der Waals surface area contributed by atoms with Gasteiger partial charge >= 0.3 is 0 Å². The quantitative estimate of drug-likeness (QED) is 0.821. The van der Waals surface area contributed by atoms with Crippen molar-refractivity contribution in [3.05, 3.63) is 58.1 Å². The van der Waals surface area contributed by atoms with E-state index in [1.165, 1.54) is 0 Å². The van der Waals surface area contributed by atoms with Gasteiger partial charge < -0.3 is 19.7 Å². The number of hydrogen-bond donors (Lipinski definition) is 1. The van der Waals surface area contributed by atoms with Gasteiger partial charge in [0.15, 0.2) is 6.61 Å². The molecule has 0 bridgehead atoms. The lowest BCUT2D eigenvalue weighted by atomic mass is 10.2. The van der Waals surface area contributed by atoms with Gasteiger partial charge in [-0.05, 0) is 42.5 Å². The number of nitrogens with one attached hydrogen (secondary N) is 1.